The van der Waals surface area contributed by atoms with Crippen molar-refractivity contribution >= 4 is 72.0 Å². The molecule has 2 saturated carbocycles. The molecule has 2 atom stereocenters. The number of fused-ring (bicyclic) bond motifs is 1. The van der Waals surface area contributed by atoms with E-state index < -0.39 is 17.2 Å². The van der Waals surface area contributed by atoms with Gasteiger partial charge in [-0.25, -0.2) is 4.98 Å². The normalized spacial score (nSPS) is 29.7. The molecule has 3 amide bonds. The number of aliphatic hydroxyl groups is 2. The molecule has 2 aliphatic carbocycles. The van der Waals surface area contributed by atoms with Crippen LogP contribution in [-0.4, -0.2) is 60.8 Å². The maximum Gasteiger partial charge on any atom is 0.247 e. The van der Waals surface area contributed by atoms with E-state index in [1.165, 1.54) is 0 Å². The Labute approximate surface area is 316 Å². The van der Waals surface area contributed by atoms with Crippen molar-refractivity contribution < 1.29 is 24.6 Å². The zero-order valence-electron chi connectivity index (χ0n) is 29.4. The monoisotopic (exact) mass is 828 g/mol. The summed E-state index contributed by atoms with van der Waals surface area (Å²) >= 11 is 6.98. The molecule has 0 unspecified atom stereocenters. The van der Waals surface area contributed by atoms with E-state index in [1.54, 1.807) is 0 Å². The maximum absolute atomic E-state index is 12.6. The first-order chi connectivity index (χ1) is 24.2. The van der Waals surface area contributed by atoms with E-state index in [-0.39, 0.29) is 29.8 Å². The molecule has 7 rings (SSSR count). The van der Waals surface area contributed by atoms with Crippen molar-refractivity contribution in [3.63, 3.8) is 0 Å². The van der Waals surface area contributed by atoms with Gasteiger partial charge in [0, 0.05) is 33.9 Å². The minimum atomic E-state index is -0.575. The number of nitrogens with zero attached hydrogens (tertiary/aromatic N) is 2. The Kier molecular flexibility index (Phi) is 11.8. The molecule has 1 aromatic heterocycles. The molecule has 3 heterocycles. The van der Waals surface area contributed by atoms with Crippen molar-refractivity contribution in [3.8, 4) is 0 Å². The van der Waals surface area contributed by atoms with Gasteiger partial charge in [0.1, 0.15) is 11.9 Å². The molecule has 0 spiro atoms. The third kappa shape index (κ3) is 9.71. The Morgan fingerprint density at radius 2 is 1.43 bits per heavy atom. The van der Waals surface area contributed by atoms with Crippen LogP contribution < -0.4 is 21.3 Å². The van der Waals surface area contributed by atoms with Gasteiger partial charge >= 0.3 is 0 Å². The van der Waals surface area contributed by atoms with Crippen molar-refractivity contribution in [1.82, 2.24) is 20.2 Å². The highest BCUT2D eigenvalue weighted by atomic mass is 79.9. The predicted octanol–water partition coefficient (Wildman–Crippen LogP) is 7.17. The average Bonchev–Trinajstić information content (AvgIpc) is 3.46. The number of nitrogens with one attached hydrogen (secondary N) is 4. The van der Waals surface area contributed by atoms with Crippen LogP contribution in [0.3, 0.4) is 0 Å². The lowest BCUT2D eigenvalue weighted by Crippen LogP contribution is -2.46. The molecular formula is C38H50Br2N6O5. The lowest BCUT2D eigenvalue weighted by molar-refractivity contribution is -0.128. The average molecular weight is 831 g/mol. The molecule has 2 aliphatic heterocycles. The summed E-state index contributed by atoms with van der Waals surface area (Å²) in [6.45, 7) is 3.81. The van der Waals surface area contributed by atoms with Crippen molar-refractivity contribution in [1.29, 1.82) is 0 Å². The number of piperidine rings is 2. The fourth-order valence-electron chi connectivity index (χ4n) is 7.77. The molecule has 276 valence electrons. The van der Waals surface area contributed by atoms with Crippen LogP contribution in [0.1, 0.15) is 122 Å². The van der Waals surface area contributed by atoms with Gasteiger partial charge in [-0.15, -0.1) is 0 Å². The number of carbonyl (C=O) groups is 3. The molecule has 0 radical (unpaired) electrons. The lowest BCUT2D eigenvalue weighted by Gasteiger charge is -2.35. The van der Waals surface area contributed by atoms with Gasteiger partial charge in [0.25, 0.3) is 0 Å². The van der Waals surface area contributed by atoms with Gasteiger partial charge in [0.2, 0.25) is 17.7 Å². The molecule has 4 fully saturated rings. The SMILES string of the molecule is CC1(O)CCC(Nc2ccc(Br)cc2NC(=O)[C@@H]2CCCC(=O)N2)CC1.CC1(O)CCC(n2c([C@@H]3CCCC(=O)N3)nc3cc(Br)ccc32)CC1. The van der Waals surface area contributed by atoms with E-state index in [4.69, 9.17) is 4.98 Å². The van der Waals surface area contributed by atoms with Crippen molar-refractivity contribution in [2.45, 2.75) is 139 Å². The Bertz CT molecular complexity index is 1740. The zero-order chi connectivity index (χ0) is 36.3. The van der Waals surface area contributed by atoms with Crippen LogP contribution in [0.2, 0.25) is 0 Å². The quantitative estimate of drug-likeness (QED) is 0.154. The van der Waals surface area contributed by atoms with Gasteiger partial charge < -0.3 is 36.0 Å². The van der Waals surface area contributed by atoms with Crippen LogP contribution in [0.25, 0.3) is 11.0 Å². The standard InChI is InChI=1S/C19H26BrN3O3.C19H24BrN3O2/c1-19(26)9-7-13(8-10-19)21-14-6-5-12(20)11-16(14)23-18(25)15-3-2-4-17(24)22-15;1-19(25)9-7-13(8-10-19)23-16-6-5-12(20)11-15(16)22-18(23)14-3-2-4-17(24)21-14/h5-6,11,13,15,21,26H,2-4,7-10H2,1H3,(H,22,24)(H,23,25);5-6,11,13-14,25H,2-4,7-10H2,1H3,(H,21,24)/t13?,15-,19?;13?,14-,19?/m00/s1. The fraction of sp³-hybridized carbons (Fsp3) is 0.579. The van der Waals surface area contributed by atoms with Gasteiger partial charge in [-0.1, -0.05) is 31.9 Å². The largest absolute Gasteiger partial charge is 0.390 e. The van der Waals surface area contributed by atoms with Gasteiger partial charge in [0.05, 0.1) is 39.7 Å². The summed E-state index contributed by atoms with van der Waals surface area (Å²) < 4.78 is 4.21. The van der Waals surface area contributed by atoms with Gasteiger partial charge in [-0.2, -0.15) is 0 Å². The fourth-order valence-corrected chi connectivity index (χ4v) is 8.48. The summed E-state index contributed by atoms with van der Waals surface area (Å²) in [5, 5.41) is 32.7. The first-order valence-electron chi connectivity index (χ1n) is 18.3. The first-order valence-corrected chi connectivity index (χ1v) is 19.9. The molecule has 51 heavy (non-hydrogen) atoms. The number of hydrogen-bond donors (Lipinski definition) is 6. The summed E-state index contributed by atoms with van der Waals surface area (Å²) in [4.78, 5) is 40.9. The molecule has 2 aromatic carbocycles. The molecule has 6 N–H and O–H groups in total. The number of benzene rings is 2. The Hall–Kier alpha value is -3.00. The molecule has 11 nitrogen and oxygen atoms in total. The zero-order valence-corrected chi connectivity index (χ0v) is 32.6. The highest BCUT2D eigenvalue weighted by molar-refractivity contribution is 9.10. The molecular weight excluding hydrogens is 780 g/mol. The molecule has 2 saturated heterocycles. The topological polar surface area (TPSA) is 158 Å². The summed E-state index contributed by atoms with van der Waals surface area (Å²) in [6.07, 6.45) is 11.1. The summed E-state index contributed by atoms with van der Waals surface area (Å²) in [5.74, 6) is 0.819. The van der Waals surface area contributed by atoms with E-state index in [1.807, 2.05) is 44.2 Å². The Morgan fingerprint density at radius 3 is 2.10 bits per heavy atom. The minimum Gasteiger partial charge on any atom is -0.390 e. The Morgan fingerprint density at radius 1 is 0.824 bits per heavy atom. The number of amides is 3. The summed E-state index contributed by atoms with van der Waals surface area (Å²) in [6, 6.07) is 12.0. The second-order valence-electron chi connectivity index (χ2n) is 15.3. The van der Waals surface area contributed by atoms with Crippen LogP contribution in [0.15, 0.2) is 45.3 Å². The van der Waals surface area contributed by atoms with Crippen LogP contribution in [0.5, 0.6) is 0 Å². The number of halogens is 2. The minimum absolute atomic E-state index is 0.0186. The summed E-state index contributed by atoms with van der Waals surface area (Å²) in [5.41, 5.74) is 2.49. The van der Waals surface area contributed by atoms with Crippen molar-refractivity contribution in [2.75, 3.05) is 10.6 Å². The van der Waals surface area contributed by atoms with Crippen molar-refractivity contribution in [2.24, 2.45) is 0 Å². The molecule has 3 aromatic rings. The highest BCUT2D eigenvalue weighted by Crippen LogP contribution is 2.40. The second kappa shape index (κ2) is 15.9. The molecule has 0 bridgehead atoms. The Balaban J connectivity index is 0.000000176. The number of carbonyl (C=O) groups excluding carboxylic acids is 3. The third-order valence-electron chi connectivity index (χ3n) is 10.8. The van der Waals surface area contributed by atoms with E-state index in [2.05, 4.69) is 63.8 Å². The van der Waals surface area contributed by atoms with E-state index in [0.29, 0.717) is 31.0 Å². The van der Waals surface area contributed by atoms with Crippen molar-refractivity contribution in [3.05, 3.63) is 51.2 Å². The smallest absolute Gasteiger partial charge is 0.247 e. The number of anilines is 2. The summed E-state index contributed by atoms with van der Waals surface area (Å²) in [7, 11) is 0. The number of aromatic nitrogens is 2. The number of hydrogen-bond acceptors (Lipinski definition) is 7. The van der Waals surface area contributed by atoms with E-state index >= 15 is 0 Å². The predicted molar refractivity (Wildman–Crippen MR) is 205 cm³/mol. The molecule has 13 heteroatoms. The van der Waals surface area contributed by atoms with E-state index in [9.17, 15) is 24.6 Å². The van der Waals surface area contributed by atoms with Gasteiger partial charge in [0.15, 0.2) is 0 Å². The highest BCUT2D eigenvalue weighted by Gasteiger charge is 2.34. The van der Waals surface area contributed by atoms with Crippen LogP contribution in [0.4, 0.5) is 11.4 Å². The second-order valence-corrected chi connectivity index (χ2v) is 17.2. The first kappa shape index (κ1) is 37.7. The maximum atomic E-state index is 12.6. The third-order valence-corrected chi connectivity index (χ3v) is 11.8. The van der Waals surface area contributed by atoms with Crippen LogP contribution >= 0.6 is 31.9 Å². The van der Waals surface area contributed by atoms with Gasteiger partial charge in [-0.3, -0.25) is 14.4 Å². The lowest BCUT2D eigenvalue weighted by atomic mass is 9.83. The van der Waals surface area contributed by atoms with E-state index in [0.717, 1.165) is 102 Å². The number of rotatable bonds is 6. The van der Waals surface area contributed by atoms with Gasteiger partial charge in [-0.05, 0) is 127 Å². The van der Waals surface area contributed by atoms with Crippen LogP contribution in [-0.2, 0) is 14.4 Å². The molecule has 4 aliphatic rings. The van der Waals surface area contributed by atoms with Crippen LogP contribution in [0, 0.1) is 0 Å². The number of imidazole rings is 1.